The standard InChI is InChI=1S/C33H31N5O2/c1-4-9-33(39)40-36-24(2)25-14-17-28(18-15-25)38(27-11-6-5-7-12-27)31-13-8-10-26-16-19-29(22-30(26)31)37(3)32-20-21-34-23-35-32/h5-8,10-23H,4,9H2,1-3H3/b36-24-. The Morgan fingerprint density at radius 1 is 0.875 bits per heavy atom. The second kappa shape index (κ2) is 12.2. The van der Waals surface area contributed by atoms with E-state index in [-0.39, 0.29) is 5.97 Å². The summed E-state index contributed by atoms with van der Waals surface area (Å²) in [6.45, 7) is 3.77. The molecule has 1 heterocycles. The van der Waals surface area contributed by atoms with Crippen molar-refractivity contribution in [1.29, 1.82) is 0 Å². The Kier molecular flexibility index (Phi) is 8.11. The van der Waals surface area contributed by atoms with Gasteiger partial charge in [-0.25, -0.2) is 14.8 Å². The molecule has 40 heavy (non-hydrogen) atoms. The molecule has 0 aliphatic carbocycles. The molecule has 0 spiro atoms. The molecule has 7 heteroatoms. The van der Waals surface area contributed by atoms with Crippen molar-refractivity contribution >= 4 is 51.0 Å². The molecule has 1 aromatic heterocycles. The highest BCUT2D eigenvalue weighted by atomic mass is 16.7. The molecule has 0 saturated heterocycles. The maximum absolute atomic E-state index is 11.7. The van der Waals surface area contributed by atoms with Crippen LogP contribution in [0.2, 0.25) is 0 Å². The van der Waals surface area contributed by atoms with Crippen molar-refractivity contribution in [2.24, 2.45) is 5.16 Å². The first-order valence-corrected chi connectivity index (χ1v) is 13.3. The molecule has 5 rings (SSSR count). The van der Waals surface area contributed by atoms with Gasteiger partial charge >= 0.3 is 5.97 Å². The van der Waals surface area contributed by atoms with Crippen LogP contribution in [0.3, 0.4) is 0 Å². The van der Waals surface area contributed by atoms with Gasteiger partial charge in [0.05, 0.1) is 11.4 Å². The molecule has 0 unspecified atom stereocenters. The number of aromatic nitrogens is 2. The Balaban J connectivity index is 1.56. The van der Waals surface area contributed by atoms with E-state index in [9.17, 15) is 4.79 Å². The van der Waals surface area contributed by atoms with Gasteiger partial charge in [0.2, 0.25) is 0 Å². The van der Waals surface area contributed by atoms with E-state index >= 15 is 0 Å². The van der Waals surface area contributed by atoms with Crippen LogP contribution in [-0.4, -0.2) is 28.7 Å². The molecule has 0 amide bonds. The summed E-state index contributed by atoms with van der Waals surface area (Å²) in [6, 6.07) is 33.1. The lowest BCUT2D eigenvalue weighted by Crippen LogP contribution is -2.12. The minimum absolute atomic E-state index is 0.325. The second-order valence-corrected chi connectivity index (χ2v) is 9.42. The summed E-state index contributed by atoms with van der Waals surface area (Å²) in [6.07, 6.45) is 4.38. The van der Waals surface area contributed by atoms with E-state index in [1.54, 1.807) is 12.5 Å². The molecule has 5 aromatic rings. The maximum Gasteiger partial charge on any atom is 0.335 e. The molecule has 0 aliphatic heterocycles. The Labute approximate surface area is 234 Å². The molecule has 4 aromatic carbocycles. The highest BCUT2D eigenvalue weighted by Crippen LogP contribution is 2.40. The van der Waals surface area contributed by atoms with Crippen molar-refractivity contribution in [2.75, 3.05) is 16.8 Å². The first kappa shape index (κ1) is 26.6. The van der Waals surface area contributed by atoms with Crippen molar-refractivity contribution in [2.45, 2.75) is 26.7 Å². The van der Waals surface area contributed by atoms with Crippen molar-refractivity contribution in [1.82, 2.24) is 9.97 Å². The van der Waals surface area contributed by atoms with E-state index < -0.39 is 0 Å². The quantitative estimate of drug-likeness (QED) is 0.110. The summed E-state index contributed by atoms with van der Waals surface area (Å²) in [4.78, 5) is 29.5. The normalized spacial score (nSPS) is 11.3. The van der Waals surface area contributed by atoms with E-state index in [2.05, 4.69) is 85.6 Å². The third-order valence-electron chi connectivity index (χ3n) is 6.68. The highest BCUT2D eigenvalue weighted by Gasteiger charge is 2.17. The Bertz CT molecular complexity index is 1620. The van der Waals surface area contributed by atoms with Crippen LogP contribution in [0.15, 0.2) is 115 Å². The molecular formula is C33H31N5O2. The van der Waals surface area contributed by atoms with Gasteiger partial charge in [0, 0.05) is 42.1 Å². The van der Waals surface area contributed by atoms with Crippen molar-refractivity contribution in [3.05, 3.63) is 115 Å². The summed E-state index contributed by atoms with van der Waals surface area (Å²) < 4.78 is 0. The fourth-order valence-electron chi connectivity index (χ4n) is 4.54. The molecule has 0 aliphatic rings. The molecule has 0 N–H and O–H groups in total. The van der Waals surface area contributed by atoms with Crippen LogP contribution in [-0.2, 0) is 9.63 Å². The fourth-order valence-corrected chi connectivity index (χ4v) is 4.54. The Morgan fingerprint density at radius 2 is 1.62 bits per heavy atom. The summed E-state index contributed by atoms with van der Waals surface area (Å²) in [5, 5.41) is 6.27. The number of carbonyl (C=O) groups excluding carboxylic acids is 1. The molecule has 200 valence electrons. The first-order valence-electron chi connectivity index (χ1n) is 13.3. The van der Waals surface area contributed by atoms with Gasteiger partial charge < -0.3 is 14.6 Å². The van der Waals surface area contributed by atoms with Gasteiger partial charge in [-0.2, -0.15) is 0 Å². The number of hydrogen-bond acceptors (Lipinski definition) is 7. The van der Waals surface area contributed by atoms with E-state index in [0.717, 1.165) is 51.3 Å². The number of rotatable bonds is 9. The van der Waals surface area contributed by atoms with Gasteiger partial charge in [-0.15, -0.1) is 0 Å². The SMILES string of the molecule is CCCC(=O)O/N=C(/C)c1ccc(N(c2ccccc2)c2cccc3ccc(N(C)c4ccncn4)cc23)cc1. The van der Waals surface area contributed by atoms with Crippen LogP contribution in [0.1, 0.15) is 32.3 Å². The van der Waals surface area contributed by atoms with Crippen LogP contribution in [0.5, 0.6) is 0 Å². The molecule has 0 saturated carbocycles. The van der Waals surface area contributed by atoms with Crippen LogP contribution < -0.4 is 9.80 Å². The van der Waals surface area contributed by atoms with Gasteiger partial charge in [0.15, 0.2) is 0 Å². The first-order chi connectivity index (χ1) is 19.5. The topological polar surface area (TPSA) is 70.9 Å². The zero-order valence-corrected chi connectivity index (χ0v) is 22.9. The number of para-hydroxylation sites is 1. The Hall–Kier alpha value is -5.04. The zero-order chi connectivity index (χ0) is 27.9. The maximum atomic E-state index is 11.7. The van der Waals surface area contributed by atoms with Gasteiger partial charge in [-0.1, -0.05) is 60.6 Å². The van der Waals surface area contributed by atoms with Crippen molar-refractivity contribution < 1.29 is 9.63 Å². The predicted octanol–water partition coefficient (Wildman–Crippen LogP) is 7.93. The van der Waals surface area contributed by atoms with Gasteiger partial charge in [-0.3, -0.25) is 0 Å². The number of fused-ring (bicyclic) bond motifs is 1. The predicted molar refractivity (Wildman–Crippen MR) is 162 cm³/mol. The number of nitrogens with zero attached hydrogens (tertiary/aromatic N) is 5. The number of oxime groups is 1. The van der Waals surface area contributed by atoms with E-state index in [1.807, 2.05) is 57.3 Å². The van der Waals surface area contributed by atoms with Gasteiger partial charge in [-0.05, 0) is 72.8 Å². The second-order valence-electron chi connectivity index (χ2n) is 9.42. The monoisotopic (exact) mass is 529 g/mol. The molecule has 0 radical (unpaired) electrons. The minimum atomic E-state index is -0.325. The lowest BCUT2D eigenvalue weighted by Gasteiger charge is -2.27. The van der Waals surface area contributed by atoms with Crippen LogP contribution in [0.25, 0.3) is 10.8 Å². The Morgan fingerprint density at radius 3 is 2.35 bits per heavy atom. The van der Waals surface area contributed by atoms with Crippen LogP contribution in [0.4, 0.5) is 28.6 Å². The molecule has 0 fully saturated rings. The molecular weight excluding hydrogens is 498 g/mol. The molecule has 0 atom stereocenters. The fraction of sp³-hybridized carbons (Fsp3) is 0.152. The summed E-state index contributed by atoms with van der Waals surface area (Å²) in [7, 11) is 2.00. The molecule has 7 nitrogen and oxygen atoms in total. The average molecular weight is 530 g/mol. The minimum Gasteiger partial charge on any atom is -0.329 e. The van der Waals surface area contributed by atoms with Crippen LogP contribution >= 0.6 is 0 Å². The average Bonchev–Trinajstić information content (AvgIpc) is 3.01. The lowest BCUT2D eigenvalue weighted by molar-refractivity contribution is -0.143. The largest absolute Gasteiger partial charge is 0.335 e. The van der Waals surface area contributed by atoms with E-state index in [4.69, 9.17) is 4.84 Å². The zero-order valence-electron chi connectivity index (χ0n) is 22.9. The third-order valence-corrected chi connectivity index (χ3v) is 6.68. The van der Waals surface area contributed by atoms with Gasteiger partial charge in [0.25, 0.3) is 0 Å². The van der Waals surface area contributed by atoms with E-state index in [1.165, 1.54) is 0 Å². The van der Waals surface area contributed by atoms with E-state index in [0.29, 0.717) is 12.1 Å². The smallest absolute Gasteiger partial charge is 0.329 e. The van der Waals surface area contributed by atoms with Crippen molar-refractivity contribution in [3.63, 3.8) is 0 Å². The number of benzene rings is 4. The summed E-state index contributed by atoms with van der Waals surface area (Å²) in [5.41, 5.74) is 5.63. The number of hydrogen-bond donors (Lipinski definition) is 0. The number of carbonyl (C=O) groups is 1. The summed E-state index contributed by atoms with van der Waals surface area (Å²) in [5.74, 6) is 0.495. The number of anilines is 5. The molecule has 0 bridgehead atoms. The third kappa shape index (κ3) is 5.83. The van der Waals surface area contributed by atoms with Crippen molar-refractivity contribution in [3.8, 4) is 0 Å². The highest BCUT2D eigenvalue weighted by molar-refractivity contribution is 6.02. The van der Waals surface area contributed by atoms with Gasteiger partial charge in [0.1, 0.15) is 12.1 Å². The lowest BCUT2D eigenvalue weighted by atomic mass is 10.0. The van der Waals surface area contributed by atoms with Crippen LogP contribution in [0, 0.1) is 0 Å². The summed E-state index contributed by atoms with van der Waals surface area (Å²) >= 11 is 0.